The normalized spacial score (nSPS) is 12.4. The Morgan fingerprint density at radius 3 is 2.62 bits per heavy atom. The van der Waals surface area contributed by atoms with E-state index in [0.717, 1.165) is 11.4 Å². The first-order valence-corrected chi connectivity index (χ1v) is 8.16. The van der Waals surface area contributed by atoms with Crippen molar-refractivity contribution in [3.63, 3.8) is 0 Å². The molecule has 0 saturated heterocycles. The first kappa shape index (κ1) is 16.3. The topological polar surface area (TPSA) is 56.0 Å². The molecule has 0 aromatic carbocycles. The van der Waals surface area contributed by atoms with Gasteiger partial charge >= 0.3 is 0 Å². The van der Waals surface area contributed by atoms with Crippen LogP contribution in [0.1, 0.15) is 24.2 Å². The van der Waals surface area contributed by atoms with Gasteiger partial charge < -0.3 is 0 Å². The van der Waals surface area contributed by atoms with Gasteiger partial charge in [-0.15, -0.1) is 0 Å². The van der Waals surface area contributed by atoms with Crippen molar-refractivity contribution in [1.82, 2.24) is 24.3 Å². The van der Waals surface area contributed by atoms with Gasteiger partial charge in [0.1, 0.15) is 23.0 Å². The molecule has 7 heteroatoms. The molecular formula is C19H15F2N5. The van der Waals surface area contributed by atoms with Crippen molar-refractivity contribution in [2.24, 2.45) is 0 Å². The summed E-state index contributed by atoms with van der Waals surface area (Å²) in [5, 5.41) is 0. The molecule has 0 fully saturated rings. The summed E-state index contributed by atoms with van der Waals surface area (Å²) in [5.41, 5.74) is 2.86. The van der Waals surface area contributed by atoms with Crippen molar-refractivity contribution in [1.29, 1.82) is 0 Å². The number of aromatic nitrogens is 5. The van der Waals surface area contributed by atoms with E-state index in [2.05, 4.69) is 19.9 Å². The minimum absolute atomic E-state index is 0.0676. The smallest absolute Gasteiger partial charge is 0.178 e. The summed E-state index contributed by atoms with van der Waals surface area (Å²) in [4.78, 5) is 17.3. The Balaban J connectivity index is 1.64. The lowest BCUT2D eigenvalue weighted by Gasteiger charge is -2.11. The van der Waals surface area contributed by atoms with E-state index >= 15 is 0 Å². The number of hydrogen-bond donors (Lipinski definition) is 0. The largest absolute Gasteiger partial charge is 0.294 e. The molecule has 0 unspecified atom stereocenters. The lowest BCUT2D eigenvalue weighted by atomic mass is 10.0. The van der Waals surface area contributed by atoms with E-state index in [1.165, 1.54) is 24.5 Å². The van der Waals surface area contributed by atoms with Crippen molar-refractivity contribution in [2.45, 2.75) is 19.3 Å². The Bertz CT molecular complexity index is 1060. The molecule has 0 aliphatic carbocycles. The van der Waals surface area contributed by atoms with E-state index in [1.807, 2.05) is 13.0 Å². The maximum Gasteiger partial charge on any atom is 0.178 e. The quantitative estimate of drug-likeness (QED) is 0.561. The summed E-state index contributed by atoms with van der Waals surface area (Å²) in [7, 11) is 0. The van der Waals surface area contributed by atoms with Crippen LogP contribution < -0.4 is 0 Å². The van der Waals surface area contributed by atoms with Crippen LogP contribution >= 0.6 is 0 Å². The Morgan fingerprint density at radius 2 is 1.81 bits per heavy atom. The average Bonchev–Trinajstić information content (AvgIpc) is 3.05. The summed E-state index contributed by atoms with van der Waals surface area (Å²) in [6.45, 7) is 2.01. The third-order valence-corrected chi connectivity index (χ3v) is 4.18. The minimum atomic E-state index is -0.357. The highest BCUT2D eigenvalue weighted by Gasteiger charge is 2.13. The second kappa shape index (κ2) is 6.59. The SMILES string of the molecule is C[C@H](Cc1ccnc(-c2cnc3ccc(F)cn23)n1)c1ccc(F)cn1. The van der Waals surface area contributed by atoms with Crippen LogP contribution in [-0.4, -0.2) is 24.3 Å². The highest BCUT2D eigenvalue weighted by molar-refractivity contribution is 5.56. The van der Waals surface area contributed by atoms with Crippen LogP contribution in [-0.2, 0) is 6.42 Å². The summed E-state index contributed by atoms with van der Waals surface area (Å²) in [6, 6.07) is 7.87. The number of fused-ring (bicyclic) bond motifs is 1. The van der Waals surface area contributed by atoms with Crippen LogP contribution in [0.4, 0.5) is 8.78 Å². The molecule has 0 amide bonds. The first-order valence-electron chi connectivity index (χ1n) is 8.16. The van der Waals surface area contributed by atoms with Crippen LogP contribution in [0.25, 0.3) is 17.2 Å². The van der Waals surface area contributed by atoms with Crippen LogP contribution in [0.3, 0.4) is 0 Å². The fourth-order valence-electron chi connectivity index (χ4n) is 2.85. The zero-order valence-corrected chi connectivity index (χ0v) is 14.0. The Morgan fingerprint density at radius 1 is 0.962 bits per heavy atom. The summed E-state index contributed by atoms with van der Waals surface area (Å²) >= 11 is 0. The molecule has 4 aromatic rings. The highest BCUT2D eigenvalue weighted by atomic mass is 19.1. The molecule has 130 valence electrons. The molecule has 0 radical (unpaired) electrons. The molecule has 0 bridgehead atoms. The van der Waals surface area contributed by atoms with E-state index in [4.69, 9.17) is 0 Å². The molecule has 4 rings (SSSR count). The standard InChI is InChI=1S/C19H15F2N5/c1-12(16-4-2-13(20)9-23-16)8-15-6-7-22-19(25-15)17-10-24-18-5-3-14(21)11-26(17)18/h2-7,9-12H,8H2,1H3/t12-/m1/s1. The monoisotopic (exact) mass is 351 g/mol. The van der Waals surface area contributed by atoms with Gasteiger partial charge in [0.15, 0.2) is 5.82 Å². The molecule has 4 aromatic heterocycles. The summed E-state index contributed by atoms with van der Waals surface area (Å²) < 4.78 is 28.2. The van der Waals surface area contributed by atoms with Gasteiger partial charge in [-0.1, -0.05) is 6.92 Å². The maximum atomic E-state index is 13.6. The van der Waals surface area contributed by atoms with Gasteiger partial charge in [0, 0.05) is 29.7 Å². The minimum Gasteiger partial charge on any atom is -0.294 e. The van der Waals surface area contributed by atoms with Crippen LogP contribution in [0.5, 0.6) is 0 Å². The van der Waals surface area contributed by atoms with Gasteiger partial charge in [0.05, 0.1) is 12.4 Å². The molecular weight excluding hydrogens is 336 g/mol. The van der Waals surface area contributed by atoms with Gasteiger partial charge in [-0.2, -0.15) is 0 Å². The zero-order chi connectivity index (χ0) is 18.1. The number of hydrogen-bond acceptors (Lipinski definition) is 4. The molecule has 26 heavy (non-hydrogen) atoms. The molecule has 0 saturated carbocycles. The molecule has 5 nitrogen and oxygen atoms in total. The lowest BCUT2D eigenvalue weighted by molar-refractivity contribution is 0.614. The Kier molecular flexibility index (Phi) is 4.12. The van der Waals surface area contributed by atoms with Crippen LogP contribution in [0.15, 0.2) is 55.1 Å². The average molecular weight is 351 g/mol. The number of nitrogens with zero attached hydrogens (tertiary/aromatic N) is 5. The zero-order valence-electron chi connectivity index (χ0n) is 14.0. The Hall–Kier alpha value is -3.22. The number of pyridine rings is 2. The molecule has 0 aliphatic heterocycles. The fourth-order valence-corrected chi connectivity index (χ4v) is 2.85. The van der Waals surface area contributed by atoms with Crippen LogP contribution in [0, 0.1) is 11.6 Å². The fraction of sp³-hybridized carbons (Fsp3) is 0.158. The first-order chi connectivity index (χ1) is 12.6. The predicted molar refractivity (Wildman–Crippen MR) is 92.5 cm³/mol. The predicted octanol–water partition coefficient (Wildman–Crippen LogP) is 3.81. The third kappa shape index (κ3) is 3.15. The molecule has 0 N–H and O–H groups in total. The van der Waals surface area contributed by atoms with E-state index < -0.39 is 0 Å². The van der Waals surface area contributed by atoms with Gasteiger partial charge in [-0.3, -0.25) is 9.38 Å². The number of halogens is 2. The van der Waals surface area contributed by atoms with Gasteiger partial charge in [0.25, 0.3) is 0 Å². The maximum absolute atomic E-state index is 13.6. The van der Waals surface area contributed by atoms with Crippen molar-refractivity contribution >= 4 is 5.65 Å². The molecule has 1 atom stereocenters. The second-order valence-electron chi connectivity index (χ2n) is 6.10. The van der Waals surface area contributed by atoms with Crippen molar-refractivity contribution in [2.75, 3.05) is 0 Å². The van der Waals surface area contributed by atoms with E-state index in [-0.39, 0.29) is 17.6 Å². The van der Waals surface area contributed by atoms with Crippen LogP contribution in [0.2, 0.25) is 0 Å². The number of rotatable bonds is 4. The lowest BCUT2D eigenvalue weighted by Crippen LogP contribution is -2.04. The highest BCUT2D eigenvalue weighted by Crippen LogP contribution is 2.21. The molecule has 0 spiro atoms. The molecule has 0 aliphatic rings. The number of imidazole rings is 1. The summed E-state index contributed by atoms with van der Waals surface area (Å²) in [5.74, 6) is -0.174. The van der Waals surface area contributed by atoms with Crippen molar-refractivity contribution in [3.8, 4) is 11.5 Å². The van der Waals surface area contributed by atoms with E-state index in [9.17, 15) is 8.78 Å². The third-order valence-electron chi connectivity index (χ3n) is 4.18. The second-order valence-corrected chi connectivity index (χ2v) is 6.10. The van der Waals surface area contributed by atoms with Crippen molar-refractivity contribution < 1.29 is 8.78 Å². The van der Waals surface area contributed by atoms with E-state index in [1.54, 1.807) is 28.9 Å². The van der Waals surface area contributed by atoms with Gasteiger partial charge in [0.2, 0.25) is 0 Å². The van der Waals surface area contributed by atoms with Gasteiger partial charge in [-0.25, -0.2) is 23.7 Å². The van der Waals surface area contributed by atoms with Gasteiger partial charge in [-0.05, 0) is 36.8 Å². The summed E-state index contributed by atoms with van der Waals surface area (Å²) in [6.07, 6.45) is 6.49. The molecule has 4 heterocycles. The Labute approximate surface area is 148 Å². The van der Waals surface area contributed by atoms with Crippen molar-refractivity contribution in [3.05, 3.63) is 78.1 Å². The van der Waals surface area contributed by atoms with E-state index in [0.29, 0.717) is 23.6 Å².